The first-order valence-electron chi connectivity index (χ1n) is 10.6. The minimum atomic E-state index is -0.506. The third-order valence-corrected chi connectivity index (χ3v) is 6.80. The first kappa shape index (κ1) is 21.4. The summed E-state index contributed by atoms with van der Waals surface area (Å²) in [6.07, 6.45) is 1.14. The Bertz CT molecular complexity index is 1050. The summed E-state index contributed by atoms with van der Waals surface area (Å²) >= 11 is 1.67. The van der Waals surface area contributed by atoms with E-state index in [1.807, 2.05) is 32.2 Å². The van der Waals surface area contributed by atoms with Gasteiger partial charge in [0, 0.05) is 40.1 Å². The zero-order chi connectivity index (χ0) is 22.1. The van der Waals surface area contributed by atoms with Crippen LogP contribution in [0.25, 0.3) is 0 Å². The molecule has 6 heteroatoms. The van der Waals surface area contributed by atoms with Crippen molar-refractivity contribution < 1.29 is 19.4 Å². The van der Waals surface area contributed by atoms with Crippen LogP contribution in [-0.4, -0.2) is 23.5 Å². The van der Waals surface area contributed by atoms with Gasteiger partial charge in [0.1, 0.15) is 5.75 Å². The fraction of sp³-hybridized carbons (Fsp3) is 0.360. The van der Waals surface area contributed by atoms with Gasteiger partial charge >= 0.3 is 5.97 Å². The third-order valence-electron chi connectivity index (χ3n) is 5.77. The second-order valence-corrected chi connectivity index (χ2v) is 9.60. The average Bonchev–Trinajstić information content (AvgIpc) is 3.26. The average molecular weight is 438 g/mol. The zero-order valence-corrected chi connectivity index (χ0v) is 18.8. The predicted molar refractivity (Wildman–Crippen MR) is 121 cm³/mol. The summed E-state index contributed by atoms with van der Waals surface area (Å²) in [5.74, 6) is -0.367. The lowest BCUT2D eigenvalue weighted by molar-refractivity contribution is -0.140. The number of aromatic hydroxyl groups is 1. The van der Waals surface area contributed by atoms with Gasteiger partial charge in [-0.2, -0.15) is 0 Å². The Morgan fingerprint density at radius 1 is 1.23 bits per heavy atom. The van der Waals surface area contributed by atoms with Crippen LogP contribution in [0.2, 0.25) is 0 Å². The summed E-state index contributed by atoms with van der Waals surface area (Å²) in [6.45, 7) is 6.16. The molecule has 1 aliphatic carbocycles. The molecule has 162 valence electrons. The minimum absolute atomic E-state index is 0.0480. The first-order chi connectivity index (χ1) is 14.8. The van der Waals surface area contributed by atoms with Crippen molar-refractivity contribution in [1.82, 2.24) is 5.32 Å². The number of carbonyl (C=O) groups is 2. The van der Waals surface area contributed by atoms with Crippen LogP contribution < -0.4 is 5.32 Å². The number of allylic oxidation sites excluding steroid dienone is 3. The summed E-state index contributed by atoms with van der Waals surface area (Å²) in [6, 6.07) is 10.8. The van der Waals surface area contributed by atoms with Crippen LogP contribution >= 0.6 is 11.3 Å². The number of dihydropyridines is 1. The molecular weight excluding hydrogens is 410 g/mol. The molecule has 0 saturated carbocycles. The smallest absolute Gasteiger partial charge is 0.336 e. The molecule has 0 amide bonds. The van der Waals surface area contributed by atoms with Gasteiger partial charge in [-0.1, -0.05) is 32.0 Å². The molecule has 4 rings (SSSR count). The van der Waals surface area contributed by atoms with E-state index in [0.29, 0.717) is 29.9 Å². The number of ketones is 1. The largest absolute Gasteiger partial charge is 0.508 e. The lowest BCUT2D eigenvalue weighted by Gasteiger charge is -2.36. The Labute approximate surface area is 186 Å². The van der Waals surface area contributed by atoms with Crippen LogP contribution in [0.5, 0.6) is 5.75 Å². The van der Waals surface area contributed by atoms with Crippen molar-refractivity contribution >= 4 is 23.1 Å². The number of phenolic OH excluding ortho intramolecular Hbond substituents is 1. The Morgan fingerprint density at radius 2 is 1.97 bits per heavy atom. The van der Waals surface area contributed by atoms with Crippen LogP contribution in [0.4, 0.5) is 0 Å². The van der Waals surface area contributed by atoms with Crippen LogP contribution in [0, 0.1) is 5.92 Å². The maximum Gasteiger partial charge on any atom is 0.336 e. The molecule has 5 nitrogen and oxygen atoms in total. The number of benzene rings is 1. The number of rotatable bonds is 5. The lowest BCUT2D eigenvalue weighted by Crippen LogP contribution is -2.36. The van der Waals surface area contributed by atoms with E-state index in [9.17, 15) is 14.7 Å². The van der Waals surface area contributed by atoms with Crippen LogP contribution in [0.15, 0.2) is 64.3 Å². The molecular formula is C25H27NO4S. The maximum atomic E-state index is 13.4. The second kappa shape index (κ2) is 8.71. The predicted octanol–water partition coefficient (Wildman–Crippen LogP) is 5.01. The molecule has 2 atom stereocenters. The zero-order valence-electron chi connectivity index (χ0n) is 18.0. The summed E-state index contributed by atoms with van der Waals surface area (Å²) in [7, 11) is 0. The number of ether oxygens (including phenoxy) is 1. The third kappa shape index (κ3) is 4.30. The van der Waals surface area contributed by atoms with Gasteiger partial charge < -0.3 is 15.2 Å². The number of Topliss-reactive ketones (excluding diaryl/α,β-unsaturated/α-hetero) is 1. The molecule has 0 saturated heterocycles. The fourth-order valence-corrected chi connectivity index (χ4v) is 5.19. The molecule has 2 aliphatic rings. The van der Waals surface area contributed by atoms with Gasteiger partial charge in [-0.15, -0.1) is 11.3 Å². The van der Waals surface area contributed by atoms with Crippen molar-refractivity contribution in [2.24, 2.45) is 5.92 Å². The van der Waals surface area contributed by atoms with E-state index in [4.69, 9.17) is 4.74 Å². The molecule has 1 aromatic heterocycles. The molecule has 2 aromatic rings. The molecule has 0 fully saturated rings. The summed E-state index contributed by atoms with van der Waals surface area (Å²) in [5, 5.41) is 15.2. The van der Waals surface area contributed by atoms with E-state index in [1.54, 1.807) is 35.6 Å². The van der Waals surface area contributed by atoms with Crippen molar-refractivity contribution in [3.8, 4) is 5.75 Å². The molecule has 1 aromatic carbocycles. The van der Waals surface area contributed by atoms with Gasteiger partial charge in [0.05, 0.1) is 12.2 Å². The molecule has 31 heavy (non-hydrogen) atoms. The standard InChI is InChI=1S/C25H27NO4S/c1-14(2)13-30-25(29)22-15(3)26-19-11-17(21-5-4-10-31-21)12-20(28)24(19)23(22)16-6-8-18(27)9-7-16/h4-10,14,17,23,26-27H,11-13H2,1-3H3/t17-,23-/m1/s1. The van der Waals surface area contributed by atoms with Crippen molar-refractivity contribution in [3.63, 3.8) is 0 Å². The van der Waals surface area contributed by atoms with Gasteiger partial charge in [-0.3, -0.25) is 4.79 Å². The molecule has 1 aliphatic heterocycles. The number of esters is 1. The normalized spacial score (nSPS) is 21.2. The summed E-state index contributed by atoms with van der Waals surface area (Å²) in [4.78, 5) is 27.7. The maximum absolute atomic E-state index is 13.4. The number of hydrogen-bond donors (Lipinski definition) is 2. The molecule has 0 spiro atoms. The Morgan fingerprint density at radius 3 is 2.61 bits per heavy atom. The van der Waals surface area contributed by atoms with Gasteiger partial charge in [0.15, 0.2) is 5.78 Å². The van der Waals surface area contributed by atoms with Crippen molar-refractivity contribution in [3.05, 3.63) is 74.8 Å². The SMILES string of the molecule is CC1=C(C(=O)OCC(C)C)[C@@H](c2ccc(O)cc2)C2=C(C[C@@H](c3cccs3)CC2=O)N1. The van der Waals surface area contributed by atoms with E-state index >= 15 is 0 Å². The molecule has 2 heterocycles. The molecule has 0 bridgehead atoms. The van der Waals surface area contributed by atoms with Gasteiger partial charge in [0.2, 0.25) is 0 Å². The van der Waals surface area contributed by atoms with E-state index in [1.165, 1.54) is 4.88 Å². The van der Waals surface area contributed by atoms with E-state index in [0.717, 1.165) is 17.7 Å². The monoisotopic (exact) mass is 437 g/mol. The Hall–Kier alpha value is -2.86. The molecule has 0 unspecified atom stereocenters. The van der Waals surface area contributed by atoms with E-state index in [2.05, 4.69) is 11.4 Å². The number of hydrogen-bond acceptors (Lipinski definition) is 6. The summed E-state index contributed by atoms with van der Waals surface area (Å²) < 4.78 is 5.57. The number of nitrogens with one attached hydrogen (secondary N) is 1. The van der Waals surface area contributed by atoms with Crippen molar-refractivity contribution in [1.29, 1.82) is 0 Å². The first-order valence-corrected chi connectivity index (χ1v) is 11.5. The minimum Gasteiger partial charge on any atom is -0.508 e. The Balaban J connectivity index is 1.76. The topological polar surface area (TPSA) is 75.6 Å². The number of phenols is 1. The quantitative estimate of drug-likeness (QED) is 0.643. The fourth-order valence-electron chi connectivity index (χ4n) is 4.35. The van der Waals surface area contributed by atoms with E-state index < -0.39 is 11.9 Å². The summed E-state index contributed by atoms with van der Waals surface area (Å²) in [5.41, 5.74) is 3.50. The number of thiophene rings is 1. The van der Waals surface area contributed by atoms with Gasteiger partial charge in [0.25, 0.3) is 0 Å². The number of carbonyl (C=O) groups excluding carboxylic acids is 2. The second-order valence-electron chi connectivity index (χ2n) is 8.62. The highest BCUT2D eigenvalue weighted by Gasteiger charge is 2.41. The van der Waals surface area contributed by atoms with Crippen LogP contribution in [0.3, 0.4) is 0 Å². The van der Waals surface area contributed by atoms with Gasteiger partial charge in [-0.05, 0) is 48.4 Å². The van der Waals surface area contributed by atoms with Crippen molar-refractivity contribution in [2.45, 2.75) is 45.4 Å². The molecule has 0 radical (unpaired) electrons. The van der Waals surface area contributed by atoms with E-state index in [-0.39, 0.29) is 23.4 Å². The van der Waals surface area contributed by atoms with Gasteiger partial charge in [-0.25, -0.2) is 4.79 Å². The molecule has 2 N–H and O–H groups in total. The lowest BCUT2D eigenvalue weighted by atomic mass is 9.72. The Kier molecular flexibility index (Phi) is 6.01. The van der Waals surface area contributed by atoms with Crippen LogP contribution in [0.1, 0.15) is 55.9 Å². The van der Waals surface area contributed by atoms with Crippen LogP contribution in [-0.2, 0) is 14.3 Å². The van der Waals surface area contributed by atoms with Crippen molar-refractivity contribution in [2.75, 3.05) is 6.61 Å². The highest BCUT2D eigenvalue weighted by Crippen LogP contribution is 2.46. The highest BCUT2D eigenvalue weighted by atomic mass is 32.1. The highest BCUT2D eigenvalue weighted by molar-refractivity contribution is 7.10.